The second kappa shape index (κ2) is 3.86. The SMILES string of the molecule is Cc1ccn(Cc2ccsc2C(=O)O)n1. The van der Waals surface area contributed by atoms with Crippen molar-refractivity contribution in [3.8, 4) is 0 Å². The summed E-state index contributed by atoms with van der Waals surface area (Å²) in [5.74, 6) is -0.871. The Labute approximate surface area is 90.8 Å². The molecule has 2 rings (SSSR count). The molecule has 2 aromatic heterocycles. The highest BCUT2D eigenvalue weighted by atomic mass is 32.1. The van der Waals surface area contributed by atoms with Gasteiger partial charge in [-0.05, 0) is 30.0 Å². The van der Waals surface area contributed by atoms with Crippen molar-refractivity contribution >= 4 is 17.3 Å². The number of carboxylic acid groups (broad SMARTS) is 1. The zero-order valence-corrected chi connectivity index (χ0v) is 8.99. The van der Waals surface area contributed by atoms with Crippen molar-refractivity contribution < 1.29 is 9.90 Å². The minimum Gasteiger partial charge on any atom is -0.477 e. The third-order valence-corrected chi connectivity index (χ3v) is 2.99. The Kier molecular flexibility index (Phi) is 2.55. The van der Waals surface area contributed by atoms with Crippen LogP contribution in [0.1, 0.15) is 20.9 Å². The van der Waals surface area contributed by atoms with Crippen LogP contribution in [-0.2, 0) is 6.54 Å². The molecule has 0 bridgehead atoms. The van der Waals surface area contributed by atoms with Crippen molar-refractivity contribution in [2.75, 3.05) is 0 Å². The lowest BCUT2D eigenvalue weighted by atomic mass is 10.2. The summed E-state index contributed by atoms with van der Waals surface area (Å²) in [5.41, 5.74) is 1.73. The third kappa shape index (κ3) is 2.07. The normalized spacial score (nSPS) is 10.5. The van der Waals surface area contributed by atoms with E-state index in [1.807, 2.05) is 25.3 Å². The molecule has 0 aliphatic heterocycles. The summed E-state index contributed by atoms with van der Waals surface area (Å²) in [6.07, 6.45) is 1.85. The highest BCUT2D eigenvalue weighted by molar-refractivity contribution is 7.12. The first-order chi connectivity index (χ1) is 7.16. The molecule has 0 aliphatic rings. The summed E-state index contributed by atoms with van der Waals surface area (Å²) < 4.78 is 1.74. The predicted molar refractivity (Wildman–Crippen MR) is 57.3 cm³/mol. The average Bonchev–Trinajstić information content (AvgIpc) is 2.75. The fraction of sp³-hybridized carbons (Fsp3) is 0.200. The van der Waals surface area contributed by atoms with Gasteiger partial charge in [-0.25, -0.2) is 4.79 Å². The van der Waals surface area contributed by atoms with Crippen molar-refractivity contribution in [3.05, 3.63) is 39.8 Å². The van der Waals surface area contributed by atoms with Gasteiger partial charge in [-0.15, -0.1) is 11.3 Å². The molecule has 0 aromatic carbocycles. The van der Waals surface area contributed by atoms with Gasteiger partial charge in [0.25, 0.3) is 0 Å². The minimum atomic E-state index is -0.871. The van der Waals surface area contributed by atoms with Crippen LogP contribution in [0.3, 0.4) is 0 Å². The summed E-state index contributed by atoms with van der Waals surface area (Å²) >= 11 is 1.24. The van der Waals surface area contributed by atoms with E-state index in [1.165, 1.54) is 11.3 Å². The predicted octanol–water partition coefficient (Wildman–Crippen LogP) is 2.00. The lowest BCUT2D eigenvalue weighted by Gasteiger charge is -2.00. The molecule has 0 fully saturated rings. The molecule has 4 nitrogen and oxygen atoms in total. The Morgan fingerprint density at radius 1 is 1.60 bits per heavy atom. The molecule has 0 aliphatic carbocycles. The van der Waals surface area contributed by atoms with Crippen molar-refractivity contribution in [1.29, 1.82) is 0 Å². The average molecular weight is 222 g/mol. The van der Waals surface area contributed by atoms with Crippen LogP contribution in [0.15, 0.2) is 23.7 Å². The fourth-order valence-electron chi connectivity index (χ4n) is 1.37. The van der Waals surface area contributed by atoms with Crippen molar-refractivity contribution in [2.45, 2.75) is 13.5 Å². The van der Waals surface area contributed by atoms with Gasteiger partial charge in [-0.2, -0.15) is 5.10 Å². The van der Waals surface area contributed by atoms with E-state index in [2.05, 4.69) is 5.10 Å². The first kappa shape index (κ1) is 9.92. The number of aryl methyl sites for hydroxylation is 1. The fourth-order valence-corrected chi connectivity index (χ4v) is 2.13. The molecule has 1 N–H and O–H groups in total. The van der Waals surface area contributed by atoms with Gasteiger partial charge in [-0.3, -0.25) is 4.68 Å². The summed E-state index contributed by atoms with van der Waals surface area (Å²) in [6.45, 7) is 2.42. The van der Waals surface area contributed by atoms with Crippen molar-refractivity contribution in [2.24, 2.45) is 0 Å². The van der Waals surface area contributed by atoms with Crippen LogP contribution < -0.4 is 0 Å². The van der Waals surface area contributed by atoms with Crippen LogP contribution in [0.2, 0.25) is 0 Å². The van der Waals surface area contributed by atoms with Gasteiger partial charge in [0.1, 0.15) is 4.88 Å². The van der Waals surface area contributed by atoms with E-state index >= 15 is 0 Å². The highest BCUT2D eigenvalue weighted by Crippen LogP contribution is 2.17. The number of rotatable bonds is 3. The third-order valence-electron chi connectivity index (χ3n) is 2.05. The molecular formula is C10H10N2O2S. The summed E-state index contributed by atoms with van der Waals surface area (Å²) in [7, 11) is 0. The first-order valence-electron chi connectivity index (χ1n) is 4.46. The molecule has 0 saturated heterocycles. The van der Waals surface area contributed by atoms with Gasteiger partial charge in [0, 0.05) is 6.20 Å². The molecule has 0 unspecified atom stereocenters. The lowest BCUT2D eigenvalue weighted by molar-refractivity contribution is 0.0701. The summed E-state index contributed by atoms with van der Waals surface area (Å²) in [5, 5.41) is 14.9. The molecule has 2 heterocycles. The number of carbonyl (C=O) groups is 1. The van der Waals surface area contributed by atoms with Gasteiger partial charge in [0.15, 0.2) is 0 Å². The van der Waals surface area contributed by atoms with Gasteiger partial charge >= 0.3 is 5.97 Å². The van der Waals surface area contributed by atoms with Crippen LogP contribution in [0.4, 0.5) is 0 Å². The van der Waals surface area contributed by atoms with E-state index in [9.17, 15) is 4.79 Å². The smallest absolute Gasteiger partial charge is 0.346 e. The quantitative estimate of drug-likeness (QED) is 0.864. The number of hydrogen-bond donors (Lipinski definition) is 1. The number of aromatic nitrogens is 2. The largest absolute Gasteiger partial charge is 0.477 e. The van der Waals surface area contributed by atoms with Crippen LogP contribution in [0.5, 0.6) is 0 Å². The highest BCUT2D eigenvalue weighted by Gasteiger charge is 2.11. The van der Waals surface area contributed by atoms with E-state index in [1.54, 1.807) is 10.1 Å². The van der Waals surface area contributed by atoms with Gasteiger partial charge < -0.3 is 5.11 Å². The number of nitrogens with zero attached hydrogens (tertiary/aromatic N) is 2. The second-order valence-corrected chi connectivity index (χ2v) is 4.15. The van der Waals surface area contributed by atoms with Crippen molar-refractivity contribution in [1.82, 2.24) is 9.78 Å². The zero-order chi connectivity index (χ0) is 10.8. The van der Waals surface area contributed by atoms with Crippen LogP contribution in [-0.4, -0.2) is 20.9 Å². The zero-order valence-electron chi connectivity index (χ0n) is 8.17. The van der Waals surface area contributed by atoms with Crippen LogP contribution in [0, 0.1) is 6.92 Å². The maximum atomic E-state index is 10.9. The second-order valence-electron chi connectivity index (χ2n) is 3.23. The topological polar surface area (TPSA) is 55.1 Å². The molecule has 15 heavy (non-hydrogen) atoms. The Morgan fingerprint density at radius 3 is 3.00 bits per heavy atom. The summed E-state index contributed by atoms with van der Waals surface area (Å²) in [6, 6.07) is 3.72. The van der Waals surface area contributed by atoms with E-state index < -0.39 is 5.97 Å². The van der Waals surface area contributed by atoms with E-state index in [-0.39, 0.29) is 0 Å². The van der Waals surface area contributed by atoms with E-state index in [4.69, 9.17) is 5.11 Å². The molecule has 0 atom stereocenters. The molecule has 0 radical (unpaired) electrons. The maximum absolute atomic E-state index is 10.9. The number of carboxylic acids is 1. The molecule has 0 spiro atoms. The first-order valence-corrected chi connectivity index (χ1v) is 5.34. The monoisotopic (exact) mass is 222 g/mol. The molecular weight excluding hydrogens is 212 g/mol. The van der Waals surface area contributed by atoms with Crippen molar-refractivity contribution in [3.63, 3.8) is 0 Å². The van der Waals surface area contributed by atoms with Crippen LogP contribution >= 0.6 is 11.3 Å². The number of aromatic carboxylic acids is 1. The number of hydrogen-bond acceptors (Lipinski definition) is 3. The maximum Gasteiger partial charge on any atom is 0.346 e. The Hall–Kier alpha value is -1.62. The van der Waals surface area contributed by atoms with E-state index in [0.29, 0.717) is 11.4 Å². The van der Waals surface area contributed by atoms with E-state index in [0.717, 1.165) is 11.3 Å². The molecule has 0 saturated carbocycles. The van der Waals surface area contributed by atoms with Gasteiger partial charge in [0.05, 0.1) is 12.2 Å². The lowest BCUT2D eigenvalue weighted by Crippen LogP contribution is -2.04. The standard InChI is InChI=1S/C10H10N2O2S/c1-7-2-4-12(11-7)6-8-3-5-15-9(8)10(13)14/h2-5H,6H2,1H3,(H,13,14). The molecule has 0 amide bonds. The van der Waals surface area contributed by atoms with Gasteiger partial charge in [-0.1, -0.05) is 0 Å². The molecule has 78 valence electrons. The molecule has 2 aromatic rings. The molecule has 5 heteroatoms. The summed E-state index contributed by atoms with van der Waals surface area (Å²) in [4.78, 5) is 11.3. The Bertz CT molecular complexity index is 487. The number of thiophene rings is 1. The van der Waals surface area contributed by atoms with Gasteiger partial charge in [0.2, 0.25) is 0 Å². The Morgan fingerprint density at radius 2 is 2.40 bits per heavy atom. The van der Waals surface area contributed by atoms with Crippen LogP contribution in [0.25, 0.3) is 0 Å². The Balaban J connectivity index is 2.24. The minimum absolute atomic E-state index is 0.392.